The van der Waals surface area contributed by atoms with Crippen molar-refractivity contribution in [3.8, 4) is 0 Å². The van der Waals surface area contributed by atoms with Crippen LogP contribution in [0.4, 0.5) is 5.95 Å². The van der Waals surface area contributed by atoms with Crippen LogP contribution in [0.5, 0.6) is 0 Å². The molecule has 8 nitrogen and oxygen atoms in total. The fourth-order valence-corrected chi connectivity index (χ4v) is 3.37. The van der Waals surface area contributed by atoms with E-state index in [4.69, 9.17) is 10.9 Å². The molecule has 0 saturated carbocycles. The molecule has 0 aromatic carbocycles. The topological polar surface area (TPSA) is 121 Å². The van der Waals surface area contributed by atoms with Gasteiger partial charge in [-0.2, -0.15) is 4.31 Å². The van der Waals surface area contributed by atoms with Gasteiger partial charge in [0.25, 0.3) is 0 Å². The molecule has 0 spiro atoms. The summed E-state index contributed by atoms with van der Waals surface area (Å²) in [7, 11) is -3.56. The predicted octanol–water partition coefficient (Wildman–Crippen LogP) is -0.845. The van der Waals surface area contributed by atoms with Crippen molar-refractivity contribution in [1.29, 1.82) is 0 Å². The molecule has 0 amide bonds. The van der Waals surface area contributed by atoms with E-state index < -0.39 is 10.0 Å². The van der Waals surface area contributed by atoms with Crippen LogP contribution in [0.25, 0.3) is 0 Å². The van der Waals surface area contributed by atoms with E-state index in [9.17, 15) is 8.42 Å². The smallest absolute Gasteiger partial charge is 0.246 e. The largest absolute Gasteiger partial charge is 0.396 e. The van der Waals surface area contributed by atoms with Crippen LogP contribution >= 0.6 is 0 Å². The van der Waals surface area contributed by atoms with Gasteiger partial charge in [0.05, 0.1) is 12.4 Å². The number of nitrogens with zero attached hydrogens (tertiary/aromatic N) is 3. The second kappa shape index (κ2) is 5.78. The number of aromatic nitrogens is 2. The van der Waals surface area contributed by atoms with Crippen LogP contribution in [0.1, 0.15) is 12.8 Å². The van der Waals surface area contributed by atoms with Gasteiger partial charge in [-0.25, -0.2) is 24.2 Å². The zero-order chi connectivity index (χ0) is 13.9. The van der Waals surface area contributed by atoms with Crippen molar-refractivity contribution < 1.29 is 13.5 Å². The van der Waals surface area contributed by atoms with Crippen LogP contribution in [0.2, 0.25) is 0 Å². The molecule has 0 radical (unpaired) electrons. The van der Waals surface area contributed by atoms with Gasteiger partial charge in [0.1, 0.15) is 4.90 Å². The maximum absolute atomic E-state index is 12.3. The van der Waals surface area contributed by atoms with Crippen molar-refractivity contribution in [2.45, 2.75) is 17.7 Å². The second-order valence-corrected chi connectivity index (χ2v) is 6.35. The van der Waals surface area contributed by atoms with Gasteiger partial charge in [-0.1, -0.05) is 0 Å². The number of aliphatic hydroxyl groups excluding tert-OH is 1. The number of nitrogens with one attached hydrogen (secondary N) is 1. The van der Waals surface area contributed by atoms with E-state index in [0.29, 0.717) is 25.9 Å². The monoisotopic (exact) mass is 287 g/mol. The Hall–Kier alpha value is -1.29. The third-order valence-electron chi connectivity index (χ3n) is 3.23. The number of hydrogen-bond donors (Lipinski definition) is 3. The third-order valence-corrected chi connectivity index (χ3v) is 5.08. The van der Waals surface area contributed by atoms with E-state index in [2.05, 4.69) is 15.4 Å². The molecule has 1 aromatic heterocycles. The Balaban J connectivity index is 2.13. The maximum atomic E-state index is 12.3. The minimum Gasteiger partial charge on any atom is -0.396 e. The summed E-state index contributed by atoms with van der Waals surface area (Å²) in [5.74, 6) is 5.48. The van der Waals surface area contributed by atoms with Gasteiger partial charge in [0, 0.05) is 19.7 Å². The summed E-state index contributed by atoms with van der Waals surface area (Å²) in [5, 5.41) is 9.05. The summed E-state index contributed by atoms with van der Waals surface area (Å²) < 4.78 is 26.0. The molecule has 1 aliphatic rings. The van der Waals surface area contributed by atoms with E-state index in [0.717, 1.165) is 0 Å². The van der Waals surface area contributed by atoms with Gasteiger partial charge < -0.3 is 5.11 Å². The lowest BCUT2D eigenvalue weighted by atomic mass is 10.00. The molecule has 9 heteroatoms. The molecule has 1 aromatic rings. The molecular formula is C10H17N5O3S. The van der Waals surface area contributed by atoms with Crippen molar-refractivity contribution in [3.05, 3.63) is 12.4 Å². The number of anilines is 1. The van der Waals surface area contributed by atoms with Crippen molar-refractivity contribution >= 4 is 16.0 Å². The number of nitrogens with two attached hydrogens (primary N) is 1. The SMILES string of the molecule is NNc1ncc(S(=O)(=O)N2CCC(CO)CC2)cn1. The van der Waals surface area contributed by atoms with E-state index in [1.165, 1.54) is 16.7 Å². The molecule has 0 atom stereocenters. The molecule has 1 saturated heterocycles. The zero-order valence-electron chi connectivity index (χ0n) is 10.4. The highest BCUT2D eigenvalue weighted by Gasteiger charge is 2.29. The lowest BCUT2D eigenvalue weighted by Gasteiger charge is -2.30. The first-order chi connectivity index (χ1) is 9.07. The summed E-state index contributed by atoms with van der Waals surface area (Å²) in [5.41, 5.74) is 2.24. The molecule has 2 rings (SSSR count). The lowest BCUT2D eigenvalue weighted by molar-refractivity contribution is 0.170. The minimum absolute atomic E-state index is 0.0500. The number of aliphatic hydroxyl groups is 1. The fourth-order valence-electron chi connectivity index (χ4n) is 2.01. The molecule has 4 N–H and O–H groups in total. The third kappa shape index (κ3) is 3.00. The number of sulfonamides is 1. The molecular weight excluding hydrogens is 270 g/mol. The quantitative estimate of drug-likeness (QED) is 0.487. The average molecular weight is 287 g/mol. The molecule has 2 heterocycles. The Bertz CT molecular complexity index is 510. The van der Waals surface area contributed by atoms with Crippen LogP contribution < -0.4 is 11.3 Å². The summed E-state index contributed by atoms with van der Waals surface area (Å²) in [4.78, 5) is 7.64. The molecule has 19 heavy (non-hydrogen) atoms. The summed E-state index contributed by atoms with van der Waals surface area (Å²) in [6.07, 6.45) is 3.80. The standard InChI is InChI=1S/C10H17N5O3S/c11-14-10-12-5-9(6-13-10)19(17,18)15-3-1-8(7-16)2-4-15/h5-6,8,16H,1-4,7,11H2,(H,12,13,14). The Morgan fingerprint density at radius 3 is 2.42 bits per heavy atom. The van der Waals surface area contributed by atoms with Crippen molar-refractivity contribution in [1.82, 2.24) is 14.3 Å². The van der Waals surface area contributed by atoms with E-state index in [-0.39, 0.29) is 23.4 Å². The molecule has 1 aliphatic heterocycles. The molecule has 0 bridgehead atoms. The number of piperidine rings is 1. The predicted molar refractivity (Wildman–Crippen MR) is 68.4 cm³/mol. The van der Waals surface area contributed by atoms with E-state index >= 15 is 0 Å². The van der Waals surface area contributed by atoms with Gasteiger partial charge in [0.2, 0.25) is 16.0 Å². The summed E-state index contributed by atoms with van der Waals surface area (Å²) >= 11 is 0. The molecule has 0 unspecified atom stereocenters. The van der Waals surface area contributed by atoms with Crippen LogP contribution in [-0.4, -0.2) is 47.5 Å². The van der Waals surface area contributed by atoms with Gasteiger partial charge >= 0.3 is 0 Å². The number of hydrazine groups is 1. The Morgan fingerprint density at radius 2 is 1.95 bits per heavy atom. The minimum atomic E-state index is -3.56. The van der Waals surface area contributed by atoms with Crippen molar-refractivity contribution in [3.63, 3.8) is 0 Å². The average Bonchev–Trinajstić information content (AvgIpc) is 2.47. The maximum Gasteiger partial charge on any atom is 0.246 e. The van der Waals surface area contributed by atoms with Gasteiger partial charge in [-0.15, -0.1) is 0 Å². The summed E-state index contributed by atoms with van der Waals surface area (Å²) in [6, 6.07) is 0. The van der Waals surface area contributed by atoms with Gasteiger partial charge in [-0.05, 0) is 18.8 Å². The fraction of sp³-hybridized carbons (Fsp3) is 0.600. The first kappa shape index (κ1) is 14.1. The van der Waals surface area contributed by atoms with Crippen LogP contribution in [-0.2, 0) is 10.0 Å². The highest BCUT2D eigenvalue weighted by molar-refractivity contribution is 7.89. The highest BCUT2D eigenvalue weighted by atomic mass is 32.2. The summed E-state index contributed by atoms with van der Waals surface area (Å²) in [6.45, 7) is 0.919. The lowest BCUT2D eigenvalue weighted by Crippen LogP contribution is -2.39. The van der Waals surface area contributed by atoms with Crippen molar-refractivity contribution in [2.24, 2.45) is 11.8 Å². The van der Waals surface area contributed by atoms with Crippen LogP contribution in [0.3, 0.4) is 0 Å². The zero-order valence-corrected chi connectivity index (χ0v) is 11.2. The Morgan fingerprint density at radius 1 is 1.37 bits per heavy atom. The van der Waals surface area contributed by atoms with E-state index in [1.807, 2.05) is 0 Å². The van der Waals surface area contributed by atoms with Crippen LogP contribution in [0, 0.1) is 5.92 Å². The van der Waals surface area contributed by atoms with Crippen molar-refractivity contribution in [2.75, 3.05) is 25.1 Å². The van der Waals surface area contributed by atoms with Gasteiger partial charge in [-0.3, -0.25) is 5.43 Å². The van der Waals surface area contributed by atoms with Gasteiger partial charge in [0.15, 0.2) is 0 Å². The highest BCUT2D eigenvalue weighted by Crippen LogP contribution is 2.22. The first-order valence-electron chi connectivity index (χ1n) is 5.97. The number of hydrogen-bond acceptors (Lipinski definition) is 7. The first-order valence-corrected chi connectivity index (χ1v) is 7.41. The number of rotatable bonds is 4. The Labute approximate surface area is 111 Å². The second-order valence-electron chi connectivity index (χ2n) is 4.42. The Kier molecular flexibility index (Phi) is 4.30. The number of nitrogen functional groups attached to an aromatic ring is 1. The molecule has 1 fully saturated rings. The normalized spacial score (nSPS) is 18.4. The molecule has 106 valence electrons. The van der Waals surface area contributed by atoms with Crippen LogP contribution in [0.15, 0.2) is 17.3 Å². The van der Waals surface area contributed by atoms with E-state index in [1.54, 1.807) is 0 Å². The molecule has 0 aliphatic carbocycles.